The van der Waals surface area contributed by atoms with Crippen molar-refractivity contribution in [3.8, 4) is 0 Å². The van der Waals surface area contributed by atoms with Crippen molar-refractivity contribution in [2.45, 2.75) is 51.6 Å². The van der Waals surface area contributed by atoms with Gasteiger partial charge in [-0.25, -0.2) is 0 Å². The molecule has 100 valence electrons. The molecule has 0 aliphatic rings. The summed E-state index contributed by atoms with van der Waals surface area (Å²) in [6, 6.07) is 9.11. The van der Waals surface area contributed by atoms with Crippen LogP contribution in [-0.4, -0.2) is 17.0 Å². The third-order valence-electron chi connectivity index (χ3n) is 3.15. The van der Waals surface area contributed by atoms with Crippen molar-refractivity contribution in [1.29, 1.82) is 0 Å². The number of rotatable bonds is 8. The smallest absolute Gasteiger partial charge is 0.232 e. The highest BCUT2D eigenvalue weighted by Crippen LogP contribution is 2.17. The number of unbranched alkanes of at least 4 members (excludes halogenated alkanes) is 1. The van der Waals surface area contributed by atoms with Crippen LogP contribution in [0.1, 0.15) is 39.5 Å². The van der Waals surface area contributed by atoms with Crippen LogP contribution in [-0.2, 0) is 0 Å². The van der Waals surface area contributed by atoms with Gasteiger partial charge in [0.15, 0.2) is 0 Å². The molecular weight excluding hydrogens is 228 g/mol. The fourth-order valence-electron chi connectivity index (χ4n) is 2.11. The highest BCUT2D eigenvalue weighted by Gasteiger charge is 2.28. The van der Waals surface area contributed by atoms with Crippen LogP contribution in [0, 0.1) is 10.1 Å². The van der Waals surface area contributed by atoms with Crippen molar-refractivity contribution in [3.63, 3.8) is 0 Å². The summed E-state index contributed by atoms with van der Waals surface area (Å²) in [7, 11) is 0. The summed E-state index contributed by atoms with van der Waals surface area (Å²) in [5, 5.41) is 14.4. The van der Waals surface area contributed by atoms with Gasteiger partial charge in [0.1, 0.15) is 0 Å². The van der Waals surface area contributed by atoms with E-state index in [1.54, 1.807) is 0 Å². The van der Waals surface area contributed by atoms with Gasteiger partial charge in [-0.2, -0.15) is 0 Å². The van der Waals surface area contributed by atoms with Crippen molar-refractivity contribution in [1.82, 2.24) is 0 Å². The molecule has 0 amide bonds. The van der Waals surface area contributed by atoms with E-state index in [1.165, 1.54) is 0 Å². The summed E-state index contributed by atoms with van der Waals surface area (Å²) in [5.74, 6) is 0. The Morgan fingerprint density at radius 1 is 1.28 bits per heavy atom. The summed E-state index contributed by atoms with van der Waals surface area (Å²) >= 11 is 0. The number of hydrogen-bond donors (Lipinski definition) is 1. The normalized spacial score (nSPS) is 13.9. The summed E-state index contributed by atoms with van der Waals surface area (Å²) in [6.45, 7) is 3.98. The Bertz CT molecular complexity index is 354. The molecule has 0 fully saturated rings. The minimum absolute atomic E-state index is 0.0904. The molecule has 1 rings (SSSR count). The predicted molar refractivity (Wildman–Crippen MR) is 74.5 cm³/mol. The van der Waals surface area contributed by atoms with Gasteiger partial charge in [-0.1, -0.05) is 44.9 Å². The molecule has 4 nitrogen and oxygen atoms in total. The van der Waals surface area contributed by atoms with Crippen molar-refractivity contribution in [2.24, 2.45) is 0 Å². The molecule has 1 N–H and O–H groups in total. The first-order valence-electron chi connectivity index (χ1n) is 6.64. The Kier molecular flexibility index (Phi) is 6.19. The number of para-hydroxylation sites is 1. The highest BCUT2D eigenvalue weighted by atomic mass is 16.6. The van der Waals surface area contributed by atoms with Gasteiger partial charge in [0.05, 0.1) is 6.04 Å². The van der Waals surface area contributed by atoms with Crippen LogP contribution in [0.5, 0.6) is 0 Å². The lowest BCUT2D eigenvalue weighted by atomic mass is 10.00. The summed E-state index contributed by atoms with van der Waals surface area (Å²) < 4.78 is 0. The van der Waals surface area contributed by atoms with Gasteiger partial charge in [0.2, 0.25) is 6.04 Å². The first kappa shape index (κ1) is 14.5. The van der Waals surface area contributed by atoms with E-state index < -0.39 is 6.04 Å². The first-order chi connectivity index (χ1) is 8.69. The van der Waals surface area contributed by atoms with Gasteiger partial charge in [0.25, 0.3) is 0 Å². The Labute approximate surface area is 109 Å². The minimum atomic E-state index is -0.517. The van der Waals surface area contributed by atoms with Crippen LogP contribution in [0.4, 0.5) is 5.69 Å². The van der Waals surface area contributed by atoms with Gasteiger partial charge in [-0.05, 0) is 18.6 Å². The second-order valence-electron chi connectivity index (χ2n) is 4.52. The van der Waals surface area contributed by atoms with Crippen molar-refractivity contribution in [3.05, 3.63) is 40.4 Å². The van der Waals surface area contributed by atoms with Crippen LogP contribution in [0.25, 0.3) is 0 Å². The lowest BCUT2D eigenvalue weighted by Gasteiger charge is -2.22. The van der Waals surface area contributed by atoms with E-state index in [-0.39, 0.29) is 11.0 Å². The second-order valence-corrected chi connectivity index (χ2v) is 4.52. The molecule has 0 heterocycles. The van der Waals surface area contributed by atoms with Crippen molar-refractivity contribution < 1.29 is 4.92 Å². The number of nitro groups is 1. The van der Waals surface area contributed by atoms with Crippen LogP contribution < -0.4 is 5.32 Å². The quantitative estimate of drug-likeness (QED) is 0.565. The minimum Gasteiger partial charge on any atom is -0.376 e. The average molecular weight is 250 g/mol. The number of benzene rings is 1. The molecule has 0 aromatic heterocycles. The highest BCUT2D eigenvalue weighted by molar-refractivity contribution is 5.43. The molecule has 0 saturated heterocycles. The van der Waals surface area contributed by atoms with Crippen LogP contribution in [0.2, 0.25) is 0 Å². The first-order valence-corrected chi connectivity index (χ1v) is 6.64. The van der Waals surface area contributed by atoms with Gasteiger partial charge >= 0.3 is 0 Å². The third kappa shape index (κ3) is 4.35. The fraction of sp³-hybridized carbons (Fsp3) is 0.571. The Morgan fingerprint density at radius 3 is 2.44 bits per heavy atom. The van der Waals surface area contributed by atoms with E-state index in [0.29, 0.717) is 6.42 Å². The lowest BCUT2D eigenvalue weighted by molar-refractivity contribution is -0.525. The van der Waals surface area contributed by atoms with Crippen molar-refractivity contribution >= 4 is 5.69 Å². The largest absolute Gasteiger partial charge is 0.376 e. The van der Waals surface area contributed by atoms with Crippen LogP contribution >= 0.6 is 0 Å². The third-order valence-corrected chi connectivity index (χ3v) is 3.15. The number of hydrogen-bond acceptors (Lipinski definition) is 3. The Balaban J connectivity index is 2.74. The molecule has 0 saturated carbocycles. The summed E-state index contributed by atoms with van der Waals surface area (Å²) in [5.41, 5.74) is 0.957. The molecule has 2 unspecified atom stereocenters. The maximum atomic E-state index is 11.1. The Hall–Kier alpha value is -1.58. The summed E-state index contributed by atoms with van der Waals surface area (Å²) in [4.78, 5) is 10.9. The van der Waals surface area contributed by atoms with E-state index in [0.717, 1.165) is 24.9 Å². The number of nitrogens with one attached hydrogen (secondary N) is 1. The molecule has 2 atom stereocenters. The summed E-state index contributed by atoms with van der Waals surface area (Å²) in [6.07, 6.45) is 3.46. The van der Waals surface area contributed by atoms with Gasteiger partial charge in [-0.3, -0.25) is 10.1 Å². The molecule has 4 heteroatoms. The molecule has 0 aliphatic carbocycles. The maximum absolute atomic E-state index is 11.1. The van der Waals surface area contributed by atoms with Gasteiger partial charge < -0.3 is 5.32 Å². The molecule has 0 spiro atoms. The molecule has 1 aromatic rings. The van der Waals surface area contributed by atoms with E-state index in [9.17, 15) is 10.1 Å². The predicted octanol–water partition coefficient (Wildman–Crippen LogP) is 3.71. The molecule has 0 radical (unpaired) electrons. The van der Waals surface area contributed by atoms with E-state index in [2.05, 4.69) is 12.2 Å². The molecule has 0 bridgehead atoms. The maximum Gasteiger partial charge on any atom is 0.232 e. The van der Waals surface area contributed by atoms with Crippen molar-refractivity contribution in [2.75, 3.05) is 5.32 Å². The average Bonchev–Trinajstić information content (AvgIpc) is 2.37. The van der Waals surface area contributed by atoms with E-state index >= 15 is 0 Å². The zero-order valence-corrected chi connectivity index (χ0v) is 11.1. The van der Waals surface area contributed by atoms with Crippen LogP contribution in [0.3, 0.4) is 0 Å². The second kappa shape index (κ2) is 7.69. The van der Waals surface area contributed by atoms with Crippen LogP contribution in [0.15, 0.2) is 30.3 Å². The molecular formula is C14H22N2O2. The molecule has 1 aromatic carbocycles. The van der Waals surface area contributed by atoms with Gasteiger partial charge in [0, 0.05) is 17.0 Å². The fourth-order valence-corrected chi connectivity index (χ4v) is 2.11. The molecule has 0 aliphatic heterocycles. The number of nitrogens with zero attached hydrogens (tertiary/aromatic N) is 1. The monoisotopic (exact) mass is 250 g/mol. The molecule has 18 heavy (non-hydrogen) atoms. The zero-order chi connectivity index (χ0) is 13.4. The SMILES string of the molecule is CCCCC(Nc1ccccc1)C(CC)[N+](=O)[O-]. The Morgan fingerprint density at radius 2 is 1.94 bits per heavy atom. The van der Waals surface area contributed by atoms with Gasteiger partial charge in [-0.15, -0.1) is 0 Å². The van der Waals surface area contributed by atoms with E-state index in [4.69, 9.17) is 0 Å². The lowest BCUT2D eigenvalue weighted by Crippen LogP contribution is -2.38. The van der Waals surface area contributed by atoms with E-state index in [1.807, 2.05) is 37.3 Å². The zero-order valence-electron chi connectivity index (χ0n) is 11.1. The standard InChI is InChI=1S/C14H22N2O2/c1-3-5-11-13(14(4-2)16(17)18)15-12-9-7-6-8-10-12/h6-10,13-15H,3-5,11H2,1-2H3. The topological polar surface area (TPSA) is 55.2 Å². The number of anilines is 1.